The van der Waals surface area contributed by atoms with E-state index in [0.29, 0.717) is 17.5 Å². The van der Waals surface area contributed by atoms with Crippen molar-refractivity contribution in [1.29, 1.82) is 0 Å². The minimum Gasteiger partial charge on any atom is -0.497 e. The van der Waals surface area contributed by atoms with Crippen LogP contribution in [0.15, 0.2) is 23.1 Å². The summed E-state index contributed by atoms with van der Waals surface area (Å²) in [6, 6.07) is 5.86. The zero-order valence-electron chi connectivity index (χ0n) is 11.9. The summed E-state index contributed by atoms with van der Waals surface area (Å²) in [6.45, 7) is 0. The third-order valence-corrected chi connectivity index (χ3v) is 4.62. The molecule has 0 radical (unpaired) electrons. The molecule has 2 rings (SSSR count). The number of carbonyl (C=O) groups is 1. The summed E-state index contributed by atoms with van der Waals surface area (Å²) in [5.41, 5.74) is 6.59. The van der Waals surface area contributed by atoms with Gasteiger partial charge in [0.05, 0.1) is 12.9 Å². The summed E-state index contributed by atoms with van der Waals surface area (Å²) in [7, 11) is 1.62. The Kier molecular flexibility index (Phi) is 5.59. The number of methoxy groups -OCH3 is 1. The number of carbonyl (C=O) groups excluding carboxylic acids is 1. The molecule has 1 aromatic rings. The quantitative estimate of drug-likeness (QED) is 0.647. The van der Waals surface area contributed by atoms with Crippen molar-refractivity contribution in [3.8, 4) is 5.75 Å². The minimum absolute atomic E-state index is 0.0871. The van der Waals surface area contributed by atoms with E-state index in [1.807, 2.05) is 12.1 Å². The second-order valence-electron chi connectivity index (χ2n) is 5.09. The van der Waals surface area contributed by atoms with Crippen LogP contribution < -0.4 is 15.8 Å². The highest BCUT2D eigenvalue weighted by Gasteiger charge is 2.16. The van der Waals surface area contributed by atoms with Gasteiger partial charge in [-0.3, -0.25) is 4.79 Å². The SMILES string of the molecule is COc1ccc(N)c(SCC(=O)NC2CCCCC2)c1. The molecule has 1 aromatic carbocycles. The van der Waals surface area contributed by atoms with Crippen LogP contribution in [-0.4, -0.2) is 24.8 Å². The molecule has 1 amide bonds. The van der Waals surface area contributed by atoms with Gasteiger partial charge in [-0.2, -0.15) is 0 Å². The molecule has 1 saturated carbocycles. The first-order valence-corrected chi connectivity index (χ1v) is 8.03. The summed E-state index contributed by atoms with van der Waals surface area (Å²) < 4.78 is 5.17. The van der Waals surface area contributed by atoms with Crippen molar-refractivity contribution in [3.05, 3.63) is 18.2 Å². The van der Waals surface area contributed by atoms with Gasteiger partial charge in [0.15, 0.2) is 0 Å². The van der Waals surface area contributed by atoms with Crippen LogP contribution in [-0.2, 0) is 4.79 Å². The van der Waals surface area contributed by atoms with Gasteiger partial charge in [-0.25, -0.2) is 0 Å². The molecular formula is C15H22N2O2S. The molecule has 4 nitrogen and oxygen atoms in total. The number of nitrogens with two attached hydrogens (primary N) is 1. The first kappa shape index (κ1) is 15.0. The van der Waals surface area contributed by atoms with E-state index in [1.165, 1.54) is 31.0 Å². The second-order valence-corrected chi connectivity index (χ2v) is 6.11. The van der Waals surface area contributed by atoms with E-state index in [0.717, 1.165) is 23.5 Å². The molecule has 110 valence electrons. The number of amides is 1. The topological polar surface area (TPSA) is 64.3 Å². The Labute approximate surface area is 124 Å². The summed E-state index contributed by atoms with van der Waals surface area (Å²) in [5.74, 6) is 1.24. The van der Waals surface area contributed by atoms with Crippen molar-refractivity contribution in [3.63, 3.8) is 0 Å². The summed E-state index contributed by atoms with van der Waals surface area (Å²) in [5, 5.41) is 3.11. The molecule has 5 heteroatoms. The number of anilines is 1. The fraction of sp³-hybridized carbons (Fsp3) is 0.533. The fourth-order valence-electron chi connectivity index (χ4n) is 2.43. The second kappa shape index (κ2) is 7.43. The van der Waals surface area contributed by atoms with E-state index in [1.54, 1.807) is 13.2 Å². The van der Waals surface area contributed by atoms with Crippen molar-refractivity contribution in [2.24, 2.45) is 0 Å². The maximum absolute atomic E-state index is 11.9. The molecule has 0 aromatic heterocycles. The van der Waals surface area contributed by atoms with Gasteiger partial charge in [0.1, 0.15) is 5.75 Å². The first-order valence-electron chi connectivity index (χ1n) is 7.04. The number of ether oxygens (including phenoxy) is 1. The predicted molar refractivity (Wildman–Crippen MR) is 83.1 cm³/mol. The molecule has 0 aliphatic heterocycles. The molecular weight excluding hydrogens is 272 g/mol. The zero-order chi connectivity index (χ0) is 14.4. The number of rotatable bonds is 5. The lowest BCUT2D eigenvalue weighted by Gasteiger charge is -2.22. The molecule has 0 atom stereocenters. The molecule has 0 bridgehead atoms. The summed E-state index contributed by atoms with van der Waals surface area (Å²) in [6.07, 6.45) is 5.96. The van der Waals surface area contributed by atoms with E-state index in [4.69, 9.17) is 10.5 Å². The monoisotopic (exact) mass is 294 g/mol. The molecule has 0 saturated heterocycles. The van der Waals surface area contributed by atoms with Crippen molar-refractivity contribution in [2.45, 2.75) is 43.0 Å². The third kappa shape index (κ3) is 4.34. The van der Waals surface area contributed by atoms with Crippen LogP contribution in [0.5, 0.6) is 5.75 Å². The molecule has 0 heterocycles. The van der Waals surface area contributed by atoms with Gasteiger partial charge in [0.2, 0.25) is 5.91 Å². The Hall–Kier alpha value is -1.36. The zero-order valence-corrected chi connectivity index (χ0v) is 12.7. The Morgan fingerprint density at radius 3 is 2.85 bits per heavy atom. The first-order chi connectivity index (χ1) is 9.69. The Balaban J connectivity index is 1.83. The number of benzene rings is 1. The molecule has 0 unspecified atom stereocenters. The standard InChI is InChI=1S/C15H22N2O2S/c1-19-12-7-8-13(16)14(9-12)20-10-15(18)17-11-5-3-2-4-6-11/h7-9,11H,2-6,10,16H2,1H3,(H,17,18). The molecule has 0 spiro atoms. The van der Waals surface area contributed by atoms with E-state index in [2.05, 4.69) is 5.32 Å². The minimum atomic E-state index is 0.0871. The van der Waals surface area contributed by atoms with E-state index in [9.17, 15) is 4.79 Å². The van der Waals surface area contributed by atoms with E-state index < -0.39 is 0 Å². The fourth-order valence-corrected chi connectivity index (χ4v) is 3.23. The van der Waals surface area contributed by atoms with Crippen molar-refractivity contribution in [2.75, 3.05) is 18.6 Å². The Morgan fingerprint density at radius 2 is 2.15 bits per heavy atom. The number of hydrogen-bond acceptors (Lipinski definition) is 4. The van der Waals surface area contributed by atoms with E-state index >= 15 is 0 Å². The number of thioether (sulfide) groups is 1. The molecule has 3 N–H and O–H groups in total. The van der Waals surface area contributed by atoms with Gasteiger partial charge in [-0.05, 0) is 31.0 Å². The molecule has 1 aliphatic carbocycles. The summed E-state index contributed by atoms with van der Waals surface area (Å²) in [4.78, 5) is 12.8. The average Bonchev–Trinajstić information content (AvgIpc) is 2.47. The van der Waals surface area contributed by atoms with Gasteiger partial charge in [-0.1, -0.05) is 19.3 Å². The Bertz CT molecular complexity index is 459. The van der Waals surface area contributed by atoms with Gasteiger partial charge in [0, 0.05) is 16.6 Å². The number of nitrogen functional groups attached to an aromatic ring is 1. The van der Waals surface area contributed by atoms with Crippen LogP contribution in [0, 0.1) is 0 Å². The van der Waals surface area contributed by atoms with Crippen LogP contribution in [0.2, 0.25) is 0 Å². The van der Waals surface area contributed by atoms with Gasteiger partial charge < -0.3 is 15.8 Å². The van der Waals surface area contributed by atoms with Crippen LogP contribution in [0.25, 0.3) is 0 Å². The van der Waals surface area contributed by atoms with Gasteiger partial charge >= 0.3 is 0 Å². The summed E-state index contributed by atoms with van der Waals surface area (Å²) >= 11 is 1.46. The smallest absolute Gasteiger partial charge is 0.230 e. The number of hydrogen-bond donors (Lipinski definition) is 2. The normalized spacial score (nSPS) is 15.8. The van der Waals surface area contributed by atoms with Crippen molar-refractivity contribution in [1.82, 2.24) is 5.32 Å². The lowest BCUT2D eigenvalue weighted by atomic mass is 9.95. The third-order valence-electron chi connectivity index (χ3n) is 3.55. The maximum atomic E-state index is 11.9. The highest BCUT2D eigenvalue weighted by molar-refractivity contribution is 8.00. The van der Waals surface area contributed by atoms with Crippen LogP contribution in [0.1, 0.15) is 32.1 Å². The van der Waals surface area contributed by atoms with E-state index in [-0.39, 0.29) is 5.91 Å². The van der Waals surface area contributed by atoms with Crippen LogP contribution >= 0.6 is 11.8 Å². The van der Waals surface area contributed by atoms with Crippen LogP contribution in [0.3, 0.4) is 0 Å². The molecule has 1 aliphatic rings. The lowest BCUT2D eigenvalue weighted by molar-refractivity contribution is -0.119. The molecule has 20 heavy (non-hydrogen) atoms. The lowest BCUT2D eigenvalue weighted by Crippen LogP contribution is -2.37. The van der Waals surface area contributed by atoms with Crippen molar-refractivity contribution < 1.29 is 9.53 Å². The number of nitrogens with one attached hydrogen (secondary N) is 1. The van der Waals surface area contributed by atoms with Crippen molar-refractivity contribution >= 4 is 23.4 Å². The van der Waals surface area contributed by atoms with Gasteiger partial charge in [0.25, 0.3) is 0 Å². The van der Waals surface area contributed by atoms with Gasteiger partial charge in [-0.15, -0.1) is 11.8 Å². The Morgan fingerprint density at radius 1 is 1.40 bits per heavy atom. The highest BCUT2D eigenvalue weighted by atomic mass is 32.2. The maximum Gasteiger partial charge on any atom is 0.230 e. The highest BCUT2D eigenvalue weighted by Crippen LogP contribution is 2.29. The van der Waals surface area contributed by atoms with Crippen LogP contribution in [0.4, 0.5) is 5.69 Å². The average molecular weight is 294 g/mol. The largest absolute Gasteiger partial charge is 0.497 e. The predicted octanol–water partition coefficient (Wildman–Crippen LogP) is 2.82. The molecule has 1 fully saturated rings.